The highest BCUT2D eigenvalue weighted by Gasteiger charge is 2.23. The molecule has 2 aromatic rings. The van der Waals surface area contributed by atoms with Crippen LogP contribution >= 0.6 is 22.9 Å². The molecule has 1 aliphatic carbocycles. The topological polar surface area (TPSA) is 29.1 Å². The standard InChI is InChI=1S/C16H18ClNOS/c17-14-7-3-1-5-11(14)9-18-16(19)13-10-20-15-8-4-2-6-12(13)15/h2,4,6,8,10-11,14H,1,3,5,7,9H2,(H,18,19). The summed E-state index contributed by atoms with van der Waals surface area (Å²) in [5.41, 5.74) is 0.785. The number of benzene rings is 1. The lowest BCUT2D eigenvalue weighted by atomic mass is 9.88. The molecule has 0 bridgehead atoms. The average Bonchev–Trinajstić information content (AvgIpc) is 2.90. The molecule has 106 valence electrons. The van der Waals surface area contributed by atoms with Crippen molar-refractivity contribution in [3.63, 3.8) is 0 Å². The van der Waals surface area contributed by atoms with Crippen molar-refractivity contribution in [3.8, 4) is 0 Å². The zero-order chi connectivity index (χ0) is 13.9. The smallest absolute Gasteiger partial charge is 0.252 e. The van der Waals surface area contributed by atoms with E-state index in [9.17, 15) is 4.79 Å². The molecule has 0 spiro atoms. The monoisotopic (exact) mass is 307 g/mol. The SMILES string of the molecule is O=C(NCC1CCCCC1Cl)c1csc2ccccc12. The molecule has 3 rings (SSSR count). The van der Waals surface area contributed by atoms with Crippen LogP contribution in [0.3, 0.4) is 0 Å². The van der Waals surface area contributed by atoms with Gasteiger partial charge in [0.25, 0.3) is 5.91 Å². The molecule has 1 N–H and O–H groups in total. The normalized spacial score (nSPS) is 22.9. The second-order valence-corrected chi connectivity index (χ2v) is 6.89. The molecule has 2 nitrogen and oxygen atoms in total. The highest BCUT2D eigenvalue weighted by atomic mass is 35.5. The van der Waals surface area contributed by atoms with Crippen molar-refractivity contribution in [2.45, 2.75) is 31.1 Å². The number of alkyl halides is 1. The second kappa shape index (κ2) is 6.15. The Kier molecular flexibility index (Phi) is 4.27. The van der Waals surface area contributed by atoms with Crippen LogP contribution in [0.5, 0.6) is 0 Å². The molecule has 2 unspecified atom stereocenters. The van der Waals surface area contributed by atoms with Crippen LogP contribution in [0, 0.1) is 5.92 Å². The Morgan fingerprint density at radius 3 is 2.95 bits per heavy atom. The molecule has 1 fully saturated rings. The van der Waals surface area contributed by atoms with Gasteiger partial charge in [-0.1, -0.05) is 31.0 Å². The first-order valence-electron chi connectivity index (χ1n) is 7.14. The Bertz CT molecular complexity index is 609. The summed E-state index contributed by atoms with van der Waals surface area (Å²) in [5, 5.41) is 6.26. The molecule has 1 saturated carbocycles. The summed E-state index contributed by atoms with van der Waals surface area (Å²) in [4.78, 5) is 12.3. The lowest BCUT2D eigenvalue weighted by Gasteiger charge is -2.27. The minimum Gasteiger partial charge on any atom is -0.352 e. The van der Waals surface area contributed by atoms with E-state index in [1.54, 1.807) is 11.3 Å². The zero-order valence-corrected chi connectivity index (χ0v) is 12.8. The molecule has 1 aliphatic rings. The fraction of sp³-hybridized carbons (Fsp3) is 0.438. The summed E-state index contributed by atoms with van der Waals surface area (Å²) < 4.78 is 1.16. The predicted octanol–water partition coefficient (Wildman–Crippen LogP) is 4.43. The van der Waals surface area contributed by atoms with Gasteiger partial charge in [0.15, 0.2) is 0 Å². The Hall–Kier alpha value is -1.06. The summed E-state index contributed by atoms with van der Waals surface area (Å²) in [7, 11) is 0. The van der Waals surface area contributed by atoms with Crippen molar-refractivity contribution >= 4 is 38.9 Å². The number of fused-ring (bicyclic) bond motifs is 1. The van der Waals surface area contributed by atoms with Crippen molar-refractivity contribution in [2.75, 3.05) is 6.54 Å². The number of carbonyl (C=O) groups excluding carboxylic acids is 1. The number of carbonyl (C=O) groups is 1. The third kappa shape index (κ3) is 2.84. The maximum Gasteiger partial charge on any atom is 0.252 e. The maximum atomic E-state index is 12.3. The van der Waals surface area contributed by atoms with Gasteiger partial charge in [-0.15, -0.1) is 22.9 Å². The van der Waals surface area contributed by atoms with Crippen LogP contribution in [0.4, 0.5) is 0 Å². The molecule has 0 radical (unpaired) electrons. The summed E-state index contributed by atoms with van der Waals surface area (Å²) in [6.45, 7) is 0.692. The van der Waals surface area contributed by atoms with Crippen LogP contribution in [0.1, 0.15) is 36.0 Å². The molecule has 0 aliphatic heterocycles. The van der Waals surface area contributed by atoms with Gasteiger partial charge >= 0.3 is 0 Å². The number of amides is 1. The van der Waals surface area contributed by atoms with Gasteiger partial charge < -0.3 is 5.32 Å². The first kappa shape index (κ1) is 13.9. The zero-order valence-electron chi connectivity index (χ0n) is 11.3. The van der Waals surface area contributed by atoms with E-state index in [-0.39, 0.29) is 11.3 Å². The minimum absolute atomic E-state index is 0.0249. The Balaban J connectivity index is 1.67. The molecule has 2 atom stereocenters. The van der Waals surface area contributed by atoms with Gasteiger partial charge in [0.2, 0.25) is 0 Å². The van der Waals surface area contributed by atoms with E-state index in [2.05, 4.69) is 5.32 Å². The quantitative estimate of drug-likeness (QED) is 0.835. The Morgan fingerprint density at radius 2 is 2.10 bits per heavy atom. The minimum atomic E-state index is 0.0249. The van der Waals surface area contributed by atoms with Crippen molar-refractivity contribution < 1.29 is 4.79 Å². The third-order valence-electron chi connectivity index (χ3n) is 4.07. The van der Waals surface area contributed by atoms with E-state index in [0.29, 0.717) is 12.5 Å². The van der Waals surface area contributed by atoms with E-state index in [0.717, 1.165) is 28.5 Å². The largest absolute Gasteiger partial charge is 0.352 e. The first-order valence-corrected chi connectivity index (χ1v) is 8.46. The van der Waals surface area contributed by atoms with Crippen LogP contribution in [0.2, 0.25) is 0 Å². The predicted molar refractivity (Wildman–Crippen MR) is 85.8 cm³/mol. The van der Waals surface area contributed by atoms with E-state index in [1.165, 1.54) is 12.8 Å². The fourth-order valence-corrected chi connectivity index (χ4v) is 4.18. The molecule has 20 heavy (non-hydrogen) atoms. The maximum absolute atomic E-state index is 12.3. The van der Waals surface area contributed by atoms with Crippen molar-refractivity contribution in [3.05, 3.63) is 35.2 Å². The highest BCUT2D eigenvalue weighted by molar-refractivity contribution is 7.17. The fourth-order valence-electron chi connectivity index (χ4n) is 2.87. The number of hydrogen-bond donors (Lipinski definition) is 1. The van der Waals surface area contributed by atoms with Crippen LogP contribution in [-0.4, -0.2) is 17.8 Å². The lowest BCUT2D eigenvalue weighted by Crippen LogP contribution is -2.34. The molecule has 1 amide bonds. The van der Waals surface area contributed by atoms with E-state index < -0.39 is 0 Å². The van der Waals surface area contributed by atoms with Gasteiger partial charge in [-0.05, 0) is 24.8 Å². The summed E-state index contributed by atoms with van der Waals surface area (Å²) in [5.74, 6) is 0.441. The van der Waals surface area contributed by atoms with Crippen LogP contribution < -0.4 is 5.32 Å². The lowest BCUT2D eigenvalue weighted by molar-refractivity contribution is 0.0946. The van der Waals surface area contributed by atoms with Gasteiger partial charge in [0.1, 0.15) is 0 Å². The molecule has 1 aromatic carbocycles. The summed E-state index contributed by atoms with van der Waals surface area (Å²) >= 11 is 7.95. The van der Waals surface area contributed by atoms with Crippen molar-refractivity contribution in [1.82, 2.24) is 5.32 Å². The summed E-state index contributed by atoms with van der Waals surface area (Å²) in [6.07, 6.45) is 4.64. The molecular weight excluding hydrogens is 290 g/mol. The van der Waals surface area contributed by atoms with Gasteiger partial charge in [-0.3, -0.25) is 4.79 Å². The van der Waals surface area contributed by atoms with Gasteiger partial charge in [0, 0.05) is 27.4 Å². The molecule has 0 saturated heterocycles. The van der Waals surface area contributed by atoms with Crippen LogP contribution in [-0.2, 0) is 0 Å². The van der Waals surface area contributed by atoms with Gasteiger partial charge in [-0.25, -0.2) is 0 Å². The van der Waals surface area contributed by atoms with Crippen molar-refractivity contribution in [1.29, 1.82) is 0 Å². The van der Waals surface area contributed by atoms with E-state index in [4.69, 9.17) is 11.6 Å². The number of rotatable bonds is 3. The number of hydrogen-bond acceptors (Lipinski definition) is 2. The number of thiophene rings is 1. The van der Waals surface area contributed by atoms with Gasteiger partial charge in [0.05, 0.1) is 5.56 Å². The van der Waals surface area contributed by atoms with Crippen LogP contribution in [0.25, 0.3) is 10.1 Å². The van der Waals surface area contributed by atoms with E-state index in [1.807, 2.05) is 29.6 Å². The number of halogens is 1. The second-order valence-electron chi connectivity index (χ2n) is 5.42. The van der Waals surface area contributed by atoms with Gasteiger partial charge in [-0.2, -0.15) is 0 Å². The van der Waals surface area contributed by atoms with Crippen LogP contribution in [0.15, 0.2) is 29.6 Å². The Labute approximate surface area is 128 Å². The Morgan fingerprint density at radius 1 is 1.30 bits per heavy atom. The summed E-state index contributed by atoms with van der Waals surface area (Å²) in [6, 6.07) is 8.03. The molecular formula is C16H18ClNOS. The first-order chi connectivity index (χ1) is 9.75. The molecule has 4 heteroatoms. The average molecular weight is 308 g/mol. The van der Waals surface area contributed by atoms with Crippen molar-refractivity contribution in [2.24, 2.45) is 5.92 Å². The molecule has 1 aromatic heterocycles. The third-order valence-corrected chi connectivity index (χ3v) is 5.60. The van der Waals surface area contributed by atoms with E-state index >= 15 is 0 Å². The highest BCUT2D eigenvalue weighted by Crippen LogP contribution is 2.29. The number of nitrogens with one attached hydrogen (secondary N) is 1. The molecule has 1 heterocycles.